The fourth-order valence-corrected chi connectivity index (χ4v) is 4.39. The molecule has 0 radical (unpaired) electrons. The van der Waals surface area contributed by atoms with Crippen LogP contribution >= 0.6 is 11.8 Å². The molecule has 1 atom stereocenters. The zero-order valence-electron chi connectivity index (χ0n) is 15.7. The molecule has 3 aromatic heterocycles. The minimum absolute atomic E-state index is 0.189. The first kappa shape index (κ1) is 17.8. The third-order valence-corrected chi connectivity index (χ3v) is 6.18. The molecule has 3 aromatic rings. The van der Waals surface area contributed by atoms with E-state index in [0.29, 0.717) is 17.8 Å². The summed E-state index contributed by atoms with van der Waals surface area (Å²) in [6.07, 6.45) is 6.65. The molecule has 0 N–H and O–H groups in total. The second-order valence-corrected chi connectivity index (χ2v) is 8.06. The number of hydrogen-bond donors (Lipinski definition) is 0. The van der Waals surface area contributed by atoms with Crippen molar-refractivity contribution in [3.8, 4) is 11.5 Å². The summed E-state index contributed by atoms with van der Waals surface area (Å²) < 4.78 is 13.2. The van der Waals surface area contributed by atoms with Gasteiger partial charge in [-0.05, 0) is 44.1 Å². The molecule has 2 aliphatic rings. The van der Waals surface area contributed by atoms with Crippen LogP contribution in [0.2, 0.25) is 0 Å². The van der Waals surface area contributed by atoms with Gasteiger partial charge in [-0.2, -0.15) is 4.98 Å². The lowest BCUT2D eigenvalue weighted by atomic mass is 9.89. The van der Waals surface area contributed by atoms with Crippen LogP contribution in [0, 0.1) is 0 Å². The standard InChI is InChI=1S/C19H22N6O2S/c1-28-17-4-2-3-15(20-17)18-21-19(27-23-18)12-5-6-14-16(11-12)25(24-22-14)13-7-9-26-10-8-13/h2-4,12-13H,5-11H2,1H3. The molecule has 4 heterocycles. The maximum absolute atomic E-state index is 5.63. The van der Waals surface area contributed by atoms with Crippen LogP contribution < -0.4 is 0 Å². The summed E-state index contributed by atoms with van der Waals surface area (Å²) >= 11 is 1.60. The Morgan fingerprint density at radius 1 is 1.14 bits per heavy atom. The van der Waals surface area contributed by atoms with Crippen molar-refractivity contribution >= 4 is 11.8 Å². The van der Waals surface area contributed by atoms with E-state index in [1.165, 1.54) is 5.69 Å². The Labute approximate surface area is 167 Å². The molecule has 0 spiro atoms. The summed E-state index contributed by atoms with van der Waals surface area (Å²) in [5.41, 5.74) is 3.06. The summed E-state index contributed by atoms with van der Waals surface area (Å²) in [7, 11) is 0. The van der Waals surface area contributed by atoms with Crippen LogP contribution in [0.15, 0.2) is 27.7 Å². The third kappa shape index (κ3) is 3.33. The van der Waals surface area contributed by atoms with Crippen molar-refractivity contribution in [1.82, 2.24) is 30.1 Å². The maximum Gasteiger partial charge on any atom is 0.230 e. The largest absolute Gasteiger partial charge is 0.381 e. The normalized spacial score (nSPS) is 20.2. The Balaban J connectivity index is 1.38. The van der Waals surface area contributed by atoms with Gasteiger partial charge in [0.1, 0.15) is 5.69 Å². The minimum Gasteiger partial charge on any atom is -0.381 e. The zero-order chi connectivity index (χ0) is 18.9. The molecule has 28 heavy (non-hydrogen) atoms. The number of rotatable bonds is 4. The van der Waals surface area contributed by atoms with Gasteiger partial charge in [0.25, 0.3) is 0 Å². The van der Waals surface area contributed by atoms with E-state index in [1.807, 2.05) is 24.5 Å². The van der Waals surface area contributed by atoms with Crippen molar-refractivity contribution in [2.24, 2.45) is 0 Å². The van der Waals surface area contributed by atoms with Crippen molar-refractivity contribution in [3.05, 3.63) is 35.5 Å². The van der Waals surface area contributed by atoms with E-state index in [9.17, 15) is 0 Å². The molecule has 0 aromatic carbocycles. The van der Waals surface area contributed by atoms with Crippen molar-refractivity contribution in [2.75, 3.05) is 19.5 Å². The van der Waals surface area contributed by atoms with Crippen LogP contribution in [0.1, 0.15) is 48.5 Å². The van der Waals surface area contributed by atoms with Crippen LogP contribution in [-0.2, 0) is 17.6 Å². The number of ether oxygens (including phenoxy) is 1. The molecule has 1 aliphatic carbocycles. The number of nitrogens with zero attached hydrogens (tertiary/aromatic N) is 6. The van der Waals surface area contributed by atoms with E-state index >= 15 is 0 Å². The summed E-state index contributed by atoms with van der Waals surface area (Å²) in [6.45, 7) is 1.58. The van der Waals surface area contributed by atoms with Crippen molar-refractivity contribution in [1.29, 1.82) is 0 Å². The Bertz CT molecular complexity index is 965. The maximum atomic E-state index is 5.63. The summed E-state index contributed by atoms with van der Waals surface area (Å²) in [5, 5.41) is 14.0. The molecule has 5 rings (SSSR count). The molecule has 9 heteroatoms. The van der Waals surface area contributed by atoms with E-state index in [-0.39, 0.29) is 5.92 Å². The van der Waals surface area contributed by atoms with Gasteiger partial charge in [0.05, 0.1) is 22.5 Å². The average Bonchev–Trinajstić information content (AvgIpc) is 3.41. The first-order valence-corrected chi connectivity index (χ1v) is 10.9. The molecule has 0 bridgehead atoms. The van der Waals surface area contributed by atoms with E-state index in [0.717, 1.165) is 61.7 Å². The molecule has 8 nitrogen and oxygen atoms in total. The quantitative estimate of drug-likeness (QED) is 0.619. The number of thioether (sulfide) groups is 1. The van der Waals surface area contributed by atoms with Gasteiger partial charge >= 0.3 is 0 Å². The molecule has 1 unspecified atom stereocenters. The number of fused-ring (bicyclic) bond motifs is 1. The predicted octanol–water partition coefficient (Wildman–Crippen LogP) is 3.07. The molecule has 1 saturated heterocycles. The third-order valence-electron chi connectivity index (χ3n) is 5.53. The fraction of sp³-hybridized carbons (Fsp3) is 0.526. The molecule has 146 valence electrons. The Kier molecular flexibility index (Phi) is 4.86. The first-order chi connectivity index (χ1) is 13.8. The van der Waals surface area contributed by atoms with Crippen LogP contribution in [0.4, 0.5) is 0 Å². The Morgan fingerprint density at radius 2 is 2.04 bits per heavy atom. The van der Waals surface area contributed by atoms with E-state index < -0.39 is 0 Å². The molecule has 1 aliphatic heterocycles. The Hall–Kier alpha value is -2.26. The lowest BCUT2D eigenvalue weighted by molar-refractivity contribution is 0.0647. The van der Waals surface area contributed by atoms with Gasteiger partial charge < -0.3 is 9.26 Å². The molecular weight excluding hydrogens is 376 g/mol. The van der Waals surface area contributed by atoms with Crippen LogP contribution in [0.5, 0.6) is 0 Å². The monoisotopic (exact) mass is 398 g/mol. The van der Waals surface area contributed by atoms with Gasteiger partial charge in [0.2, 0.25) is 11.7 Å². The van der Waals surface area contributed by atoms with Gasteiger partial charge in [-0.3, -0.25) is 0 Å². The average molecular weight is 398 g/mol. The van der Waals surface area contributed by atoms with Crippen LogP contribution in [0.25, 0.3) is 11.5 Å². The Morgan fingerprint density at radius 3 is 2.89 bits per heavy atom. The predicted molar refractivity (Wildman–Crippen MR) is 103 cm³/mol. The van der Waals surface area contributed by atoms with Crippen LogP contribution in [-0.4, -0.2) is 49.6 Å². The second kappa shape index (κ2) is 7.63. The highest BCUT2D eigenvalue weighted by molar-refractivity contribution is 7.98. The smallest absolute Gasteiger partial charge is 0.230 e. The van der Waals surface area contributed by atoms with Gasteiger partial charge in [0, 0.05) is 25.6 Å². The fourth-order valence-electron chi connectivity index (χ4n) is 3.99. The molecule has 0 saturated carbocycles. The summed E-state index contributed by atoms with van der Waals surface area (Å²) in [4.78, 5) is 9.22. The van der Waals surface area contributed by atoms with E-state index in [1.54, 1.807) is 11.8 Å². The lowest BCUT2D eigenvalue weighted by Crippen LogP contribution is -2.24. The van der Waals surface area contributed by atoms with Gasteiger partial charge in [-0.1, -0.05) is 16.4 Å². The van der Waals surface area contributed by atoms with Crippen molar-refractivity contribution < 1.29 is 9.26 Å². The molecule has 0 amide bonds. The number of aryl methyl sites for hydroxylation is 1. The summed E-state index contributed by atoms with van der Waals surface area (Å²) in [5.74, 6) is 1.42. The van der Waals surface area contributed by atoms with Crippen LogP contribution in [0.3, 0.4) is 0 Å². The number of pyridine rings is 1. The first-order valence-electron chi connectivity index (χ1n) is 9.67. The van der Waals surface area contributed by atoms with Gasteiger partial charge in [-0.15, -0.1) is 16.9 Å². The zero-order valence-corrected chi connectivity index (χ0v) is 16.6. The van der Waals surface area contributed by atoms with Crippen molar-refractivity contribution in [2.45, 2.75) is 49.1 Å². The topological polar surface area (TPSA) is 91.8 Å². The molecule has 1 fully saturated rings. The highest BCUT2D eigenvalue weighted by atomic mass is 32.2. The van der Waals surface area contributed by atoms with Crippen molar-refractivity contribution in [3.63, 3.8) is 0 Å². The highest BCUT2D eigenvalue weighted by Crippen LogP contribution is 2.34. The SMILES string of the molecule is CSc1cccc(-c2noc(C3CCc4nnn(C5CCOCC5)c4C3)n2)n1. The number of hydrogen-bond acceptors (Lipinski definition) is 8. The minimum atomic E-state index is 0.189. The molecular formula is C19H22N6O2S. The van der Waals surface area contributed by atoms with Gasteiger partial charge in [-0.25, -0.2) is 9.67 Å². The second-order valence-electron chi connectivity index (χ2n) is 7.23. The highest BCUT2D eigenvalue weighted by Gasteiger charge is 2.31. The summed E-state index contributed by atoms with van der Waals surface area (Å²) in [6, 6.07) is 6.23. The van der Waals surface area contributed by atoms with Gasteiger partial charge in [0.15, 0.2) is 0 Å². The van der Waals surface area contributed by atoms with E-state index in [4.69, 9.17) is 9.26 Å². The van der Waals surface area contributed by atoms with E-state index in [2.05, 4.69) is 30.1 Å². The lowest BCUT2D eigenvalue weighted by Gasteiger charge is -2.26. The number of aromatic nitrogens is 6.